The van der Waals surface area contributed by atoms with Gasteiger partial charge in [-0.25, -0.2) is 0 Å². The molecule has 1 atom stereocenters. The van der Waals surface area contributed by atoms with E-state index in [1.165, 1.54) is 48.3 Å². The average Bonchev–Trinajstić information content (AvgIpc) is 2.50. The van der Waals surface area contributed by atoms with Crippen molar-refractivity contribution in [1.82, 2.24) is 5.32 Å². The maximum absolute atomic E-state index is 3.81. The molecule has 0 spiro atoms. The molecule has 0 aromatic heterocycles. The summed E-state index contributed by atoms with van der Waals surface area (Å²) in [6.07, 6.45) is 6.90. The van der Waals surface area contributed by atoms with E-state index in [1.54, 1.807) is 0 Å². The fourth-order valence-corrected chi connectivity index (χ4v) is 4.29. The molecular weight excluding hydrogens is 274 g/mol. The van der Waals surface area contributed by atoms with Gasteiger partial charge in [-0.2, -0.15) is 0 Å². The van der Waals surface area contributed by atoms with Gasteiger partial charge in [-0.1, -0.05) is 44.4 Å². The topological polar surface area (TPSA) is 12.0 Å². The molecule has 1 aliphatic rings. The maximum Gasteiger partial charge on any atom is 0.0189 e. The molecule has 1 N–H and O–H groups in total. The van der Waals surface area contributed by atoms with Crippen molar-refractivity contribution in [3.05, 3.63) is 29.8 Å². The van der Waals surface area contributed by atoms with Crippen LogP contribution in [0.4, 0.5) is 0 Å². The monoisotopic (exact) mass is 305 g/mol. The molecular formula is C19H31NS. The molecule has 1 fully saturated rings. The fourth-order valence-electron chi connectivity index (χ4n) is 3.20. The van der Waals surface area contributed by atoms with Gasteiger partial charge in [0.15, 0.2) is 0 Å². The van der Waals surface area contributed by atoms with Crippen molar-refractivity contribution >= 4 is 11.8 Å². The summed E-state index contributed by atoms with van der Waals surface area (Å²) < 4.78 is 0. The van der Waals surface area contributed by atoms with Gasteiger partial charge in [0.2, 0.25) is 0 Å². The molecule has 1 aliphatic carbocycles. The van der Waals surface area contributed by atoms with Gasteiger partial charge in [0.1, 0.15) is 0 Å². The molecule has 0 bridgehead atoms. The summed E-state index contributed by atoms with van der Waals surface area (Å²) >= 11 is 2.02. The average molecular weight is 306 g/mol. The van der Waals surface area contributed by atoms with Crippen molar-refractivity contribution < 1.29 is 0 Å². The largest absolute Gasteiger partial charge is 0.313 e. The summed E-state index contributed by atoms with van der Waals surface area (Å²) in [4.78, 5) is 1.41. The zero-order chi connectivity index (χ0) is 15.1. The molecule has 1 saturated carbocycles. The van der Waals surface area contributed by atoms with Crippen molar-refractivity contribution in [2.75, 3.05) is 12.3 Å². The van der Waals surface area contributed by atoms with Gasteiger partial charge >= 0.3 is 0 Å². The first-order chi connectivity index (χ1) is 10.2. The number of benzene rings is 1. The Morgan fingerprint density at radius 3 is 2.43 bits per heavy atom. The van der Waals surface area contributed by atoms with E-state index in [-0.39, 0.29) is 0 Å². The van der Waals surface area contributed by atoms with Gasteiger partial charge in [0.05, 0.1) is 0 Å². The summed E-state index contributed by atoms with van der Waals surface area (Å²) in [6, 6.07) is 9.65. The van der Waals surface area contributed by atoms with Crippen molar-refractivity contribution in [2.45, 2.75) is 63.8 Å². The van der Waals surface area contributed by atoms with Crippen LogP contribution in [-0.4, -0.2) is 18.3 Å². The molecule has 1 aromatic rings. The van der Waals surface area contributed by atoms with Crippen LogP contribution in [0.3, 0.4) is 0 Å². The van der Waals surface area contributed by atoms with Crippen LogP contribution >= 0.6 is 11.8 Å². The molecule has 0 heterocycles. The molecule has 1 unspecified atom stereocenters. The summed E-state index contributed by atoms with van der Waals surface area (Å²) in [5.74, 6) is 3.03. The lowest BCUT2D eigenvalue weighted by molar-refractivity contribution is 0.242. The first kappa shape index (κ1) is 16.9. The normalized spacial score (nSPS) is 24.0. The Bertz CT molecular complexity index is 393. The van der Waals surface area contributed by atoms with Crippen molar-refractivity contribution in [2.24, 2.45) is 11.8 Å². The second-order valence-corrected chi connectivity index (χ2v) is 7.80. The number of hydrogen-bond donors (Lipinski definition) is 1. The molecule has 2 rings (SSSR count). The Morgan fingerprint density at radius 1 is 1.14 bits per heavy atom. The van der Waals surface area contributed by atoms with Gasteiger partial charge in [-0.15, -0.1) is 11.8 Å². The van der Waals surface area contributed by atoms with Crippen molar-refractivity contribution in [3.8, 4) is 0 Å². The van der Waals surface area contributed by atoms with Crippen LogP contribution in [0.5, 0.6) is 0 Å². The minimum absolute atomic E-state index is 0.684. The molecule has 21 heavy (non-hydrogen) atoms. The number of aryl methyl sites for hydroxylation is 1. The standard InChI is InChI=1S/C19H31NS/c1-4-13-20-19(17-9-5-15(2)6-10-17)14-21-18-11-7-16(3)8-12-18/h7-8,11-12,15,17,19-20H,4-6,9-10,13-14H2,1-3H3. The summed E-state index contributed by atoms with van der Waals surface area (Å²) in [7, 11) is 0. The Hall–Kier alpha value is -0.470. The van der Waals surface area contributed by atoms with Crippen molar-refractivity contribution in [1.29, 1.82) is 0 Å². The van der Waals surface area contributed by atoms with E-state index >= 15 is 0 Å². The third-order valence-corrected chi connectivity index (χ3v) is 5.87. The van der Waals surface area contributed by atoms with E-state index in [0.717, 1.165) is 18.4 Å². The van der Waals surface area contributed by atoms with Crippen LogP contribution in [0, 0.1) is 18.8 Å². The zero-order valence-electron chi connectivity index (χ0n) is 13.9. The lowest BCUT2D eigenvalue weighted by Gasteiger charge is -2.33. The van der Waals surface area contributed by atoms with E-state index < -0.39 is 0 Å². The number of rotatable bonds is 7. The van der Waals surface area contributed by atoms with Crippen LogP contribution in [-0.2, 0) is 0 Å². The van der Waals surface area contributed by atoms with Crippen LogP contribution < -0.4 is 5.32 Å². The predicted molar refractivity (Wildman–Crippen MR) is 95.1 cm³/mol. The summed E-state index contributed by atoms with van der Waals surface area (Å²) in [5, 5.41) is 3.81. The first-order valence-corrected chi connectivity index (χ1v) is 9.60. The third-order valence-electron chi connectivity index (χ3n) is 4.74. The first-order valence-electron chi connectivity index (χ1n) is 8.62. The van der Waals surface area contributed by atoms with Gasteiger partial charge in [0, 0.05) is 16.7 Å². The van der Waals surface area contributed by atoms with E-state index in [4.69, 9.17) is 0 Å². The minimum atomic E-state index is 0.684. The van der Waals surface area contributed by atoms with Gasteiger partial charge in [-0.3, -0.25) is 0 Å². The smallest absolute Gasteiger partial charge is 0.0189 e. The maximum atomic E-state index is 3.81. The molecule has 1 nitrogen and oxygen atoms in total. The SMILES string of the molecule is CCCNC(CSc1ccc(C)cc1)C1CCC(C)CC1. The van der Waals surface area contributed by atoms with E-state index in [2.05, 4.69) is 50.4 Å². The molecule has 2 heteroatoms. The predicted octanol–water partition coefficient (Wildman–Crippen LogP) is 5.28. The number of hydrogen-bond acceptors (Lipinski definition) is 2. The van der Waals surface area contributed by atoms with E-state index in [1.807, 2.05) is 11.8 Å². The number of nitrogens with one attached hydrogen (secondary N) is 1. The van der Waals surface area contributed by atoms with Crippen LogP contribution in [0.15, 0.2) is 29.2 Å². The van der Waals surface area contributed by atoms with Gasteiger partial charge in [-0.05, 0) is 56.7 Å². The Balaban J connectivity index is 1.87. The Morgan fingerprint density at radius 2 is 1.81 bits per heavy atom. The number of thioether (sulfide) groups is 1. The second-order valence-electron chi connectivity index (χ2n) is 6.70. The molecule has 0 radical (unpaired) electrons. The molecule has 118 valence electrons. The van der Waals surface area contributed by atoms with Crippen LogP contribution in [0.2, 0.25) is 0 Å². The zero-order valence-corrected chi connectivity index (χ0v) is 14.7. The highest BCUT2D eigenvalue weighted by molar-refractivity contribution is 7.99. The molecule has 0 aliphatic heterocycles. The highest BCUT2D eigenvalue weighted by Gasteiger charge is 2.25. The van der Waals surface area contributed by atoms with E-state index in [9.17, 15) is 0 Å². The molecule has 1 aromatic carbocycles. The van der Waals surface area contributed by atoms with Gasteiger partial charge in [0.25, 0.3) is 0 Å². The van der Waals surface area contributed by atoms with Gasteiger partial charge < -0.3 is 5.32 Å². The van der Waals surface area contributed by atoms with Crippen molar-refractivity contribution in [3.63, 3.8) is 0 Å². The second kappa shape index (κ2) is 8.85. The lowest BCUT2D eigenvalue weighted by Crippen LogP contribution is -2.40. The molecule has 0 amide bonds. The summed E-state index contributed by atoms with van der Waals surface area (Å²) in [5.41, 5.74) is 1.35. The fraction of sp³-hybridized carbons (Fsp3) is 0.684. The Labute approximate surface area is 135 Å². The van der Waals surface area contributed by atoms with Crippen LogP contribution in [0.25, 0.3) is 0 Å². The quantitative estimate of drug-likeness (QED) is 0.688. The Kier molecular flexibility index (Phi) is 7.12. The highest BCUT2D eigenvalue weighted by atomic mass is 32.2. The third kappa shape index (κ3) is 5.67. The lowest BCUT2D eigenvalue weighted by atomic mass is 9.79. The van der Waals surface area contributed by atoms with E-state index in [0.29, 0.717) is 6.04 Å². The highest BCUT2D eigenvalue weighted by Crippen LogP contribution is 2.32. The molecule has 0 saturated heterocycles. The minimum Gasteiger partial charge on any atom is -0.313 e. The van der Waals surface area contributed by atoms with Crippen LogP contribution in [0.1, 0.15) is 51.5 Å². The summed E-state index contributed by atoms with van der Waals surface area (Å²) in [6.45, 7) is 7.99.